The zero-order valence-corrected chi connectivity index (χ0v) is 2.42. The lowest BCUT2D eigenvalue weighted by Gasteiger charge is -1.56. The van der Waals surface area contributed by atoms with E-state index < -0.39 is 5.09 Å². The highest BCUT2D eigenvalue weighted by molar-refractivity contribution is 5.75. The van der Waals surface area contributed by atoms with Gasteiger partial charge in [0.2, 0.25) is 0 Å². The van der Waals surface area contributed by atoms with Crippen molar-refractivity contribution >= 4 is 8.41 Å². The van der Waals surface area contributed by atoms with Crippen LogP contribution in [0, 0.1) is 10.1 Å². The van der Waals surface area contributed by atoms with Crippen LogP contribution >= 0.6 is 0 Å². The fourth-order valence-electron chi connectivity index (χ4n) is 0. The van der Waals surface area contributed by atoms with E-state index in [0.717, 1.165) is 0 Å². The molecule has 0 unspecified atom stereocenters. The van der Waals surface area contributed by atoms with Gasteiger partial charge < -0.3 is 11.4 Å². The lowest BCUT2D eigenvalue weighted by molar-refractivity contribution is -0.742. The highest BCUT2D eigenvalue weighted by atomic mass is 16.9. The van der Waals surface area contributed by atoms with Gasteiger partial charge in [-0.25, -0.2) is 0 Å². The van der Waals surface area contributed by atoms with Gasteiger partial charge in [-0.2, -0.15) is 0 Å². The Morgan fingerprint density at radius 3 is 1.67 bits per heavy atom. The highest BCUT2D eigenvalue weighted by Crippen LogP contribution is 1.38. The van der Waals surface area contributed by atoms with E-state index in [2.05, 4.69) is 0 Å². The molecule has 5 nitrogen and oxygen atoms in total. The number of rotatable bonds is 0. The number of nitrogens with zero attached hydrogens (tertiary/aromatic N) is 1. The lowest BCUT2D eigenvalue weighted by Crippen LogP contribution is -1.81. The van der Waals surface area contributed by atoms with Gasteiger partial charge in [-0.3, -0.25) is 0 Å². The molecule has 0 aliphatic rings. The van der Waals surface area contributed by atoms with Crippen LogP contribution in [0.2, 0.25) is 0 Å². The summed E-state index contributed by atoms with van der Waals surface area (Å²) in [5, 5.41) is 13.6. The minimum atomic E-state index is -1.50. The maximum atomic E-state index is 8.36. The molecule has 6 heteroatoms. The van der Waals surface area contributed by atoms with Crippen LogP contribution in [-0.2, 0) is 0 Å². The third-order valence-electron chi connectivity index (χ3n) is 0. The van der Waals surface area contributed by atoms with E-state index in [1.165, 1.54) is 0 Å². The number of hydrogen-bond acceptors (Lipinski definition) is 3. The summed E-state index contributed by atoms with van der Waals surface area (Å²) in [7, 11) is 0. The van der Waals surface area contributed by atoms with E-state index in [4.69, 9.17) is 15.3 Å². The summed E-state index contributed by atoms with van der Waals surface area (Å²) >= 11 is 0. The van der Waals surface area contributed by atoms with Crippen molar-refractivity contribution in [1.82, 2.24) is 6.15 Å². The van der Waals surface area contributed by atoms with Crippen molar-refractivity contribution in [2.75, 3.05) is 0 Å². The molecular formula is H7BN2O3. The topological polar surface area (TPSA) is 98.4 Å². The Labute approximate surface area is 36.2 Å². The van der Waals surface area contributed by atoms with E-state index in [9.17, 15) is 0 Å². The fourth-order valence-corrected chi connectivity index (χ4v) is 0. The van der Waals surface area contributed by atoms with Crippen molar-refractivity contribution in [3.05, 3.63) is 10.1 Å². The molecule has 0 aromatic rings. The van der Waals surface area contributed by atoms with E-state index in [0.29, 0.717) is 0 Å². The van der Waals surface area contributed by atoms with Crippen molar-refractivity contribution in [2.24, 2.45) is 0 Å². The molecule has 0 atom stereocenters. The molecule has 0 spiro atoms. The van der Waals surface area contributed by atoms with Gasteiger partial charge in [0.15, 0.2) is 0 Å². The second-order valence-electron chi connectivity index (χ2n) is 0.238. The maximum absolute atomic E-state index is 8.36. The standard InChI is InChI=1S/BH3.HNO3.H3N/c;2-1(3)4;/h1H3;(H,2,3,4);1H3. The summed E-state index contributed by atoms with van der Waals surface area (Å²) in [6.45, 7) is 0. The minimum Gasteiger partial charge on any atom is -0.344 e. The van der Waals surface area contributed by atoms with Gasteiger partial charge >= 0.3 is 0 Å². The molecule has 0 bridgehead atoms. The second kappa shape index (κ2) is 8.88. The Balaban J connectivity index is -0.0000000450. The molecule has 4 N–H and O–H groups in total. The molecule has 0 saturated heterocycles. The summed E-state index contributed by atoms with van der Waals surface area (Å²) in [5.74, 6) is 0. The van der Waals surface area contributed by atoms with E-state index in [-0.39, 0.29) is 14.6 Å². The zero-order valence-electron chi connectivity index (χ0n) is 2.42. The normalized spacial score (nSPS) is 4.00. The Morgan fingerprint density at radius 2 is 1.67 bits per heavy atom. The molecule has 38 valence electrons. The quantitative estimate of drug-likeness (QED) is 0.219. The van der Waals surface area contributed by atoms with E-state index in [1.807, 2.05) is 0 Å². The monoisotopic (exact) mass is 94.1 g/mol. The first kappa shape index (κ1) is 18.8. The summed E-state index contributed by atoms with van der Waals surface area (Å²) in [4.78, 5) is 8.36. The smallest absolute Gasteiger partial charge is 0.291 e. The number of hydrogen-bond donors (Lipinski definition) is 2. The summed E-state index contributed by atoms with van der Waals surface area (Å²) in [6.07, 6.45) is 0. The van der Waals surface area contributed by atoms with E-state index >= 15 is 0 Å². The van der Waals surface area contributed by atoms with Crippen LogP contribution < -0.4 is 6.15 Å². The summed E-state index contributed by atoms with van der Waals surface area (Å²) in [5.41, 5.74) is 0. The first-order valence-corrected chi connectivity index (χ1v) is 0.565. The predicted octanol–water partition coefficient (Wildman–Crippen LogP) is -1.37. The van der Waals surface area contributed by atoms with Gasteiger partial charge in [0.05, 0.1) is 8.41 Å². The van der Waals surface area contributed by atoms with Crippen LogP contribution in [0.15, 0.2) is 0 Å². The Hall–Kier alpha value is -0.775. The average Bonchev–Trinajstić information content (AvgIpc) is 0.811. The molecule has 0 rings (SSSR count). The molecule has 0 aromatic carbocycles. The van der Waals surface area contributed by atoms with Crippen molar-refractivity contribution in [1.29, 1.82) is 0 Å². The molecule has 0 radical (unpaired) electrons. The fraction of sp³-hybridized carbons (Fsp3) is 0. The molecule has 0 aliphatic heterocycles. The highest BCUT2D eigenvalue weighted by Gasteiger charge is 1.65. The van der Waals surface area contributed by atoms with Gasteiger partial charge in [0.25, 0.3) is 5.09 Å². The first-order chi connectivity index (χ1) is 1.73. The lowest BCUT2D eigenvalue weighted by atomic mass is 10.8. The largest absolute Gasteiger partial charge is 0.344 e. The van der Waals surface area contributed by atoms with Gasteiger partial charge in [0.1, 0.15) is 0 Å². The van der Waals surface area contributed by atoms with Crippen LogP contribution in [0.4, 0.5) is 0 Å². The summed E-state index contributed by atoms with van der Waals surface area (Å²) < 4.78 is 0. The first-order valence-electron chi connectivity index (χ1n) is 0.565. The third kappa shape index (κ3) is 26.6. The molecule has 0 heterocycles. The molecule has 0 saturated carbocycles. The molecule has 6 heavy (non-hydrogen) atoms. The second-order valence-corrected chi connectivity index (χ2v) is 0.238. The van der Waals surface area contributed by atoms with Gasteiger partial charge in [-0.15, -0.1) is 10.1 Å². The SMILES string of the molecule is B.N.O=[N+]([O-])O. The molecule has 0 aliphatic carbocycles. The Bertz CT molecular complexity index is 31.8. The van der Waals surface area contributed by atoms with Gasteiger partial charge in [-0.1, -0.05) is 0 Å². The maximum Gasteiger partial charge on any atom is 0.291 e. The average molecular weight is 93.9 g/mol. The molecule has 0 aromatic heterocycles. The van der Waals surface area contributed by atoms with E-state index in [1.54, 1.807) is 0 Å². The van der Waals surface area contributed by atoms with Gasteiger partial charge in [-0.05, 0) is 0 Å². The van der Waals surface area contributed by atoms with Crippen molar-refractivity contribution in [2.45, 2.75) is 0 Å². The van der Waals surface area contributed by atoms with Crippen LogP contribution in [-0.4, -0.2) is 18.7 Å². The van der Waals surface area contributed by atoms with Crippen molar-refractivity contribution in [3.63, 3.8) is 0 Å². The zero-order chi connectivity index (χ0) is 3.58. The molecule has 0 amide bonds. The minimum absolute atomic E-state index is 0. The Morgan fingerprint density at radius 1 is 1.67 bits per heavy atom. The third-order valence-corrected chi connectivity index (χ3v) is 0. The molecule has 0 fully saturated rings. The van der Waals surface area contributed by atoms with Crippen LogP contribution in [0.1, 0.15) is 0 Å². The summed E-state index contributed by atoms with van der Waals surface area (Å²) in [6, 6.07) is 0. The van der Waals surface area contributed by atoms with Crippen LogP contribution in [0.3, 0.4) is 0 Å². The van der Waals surface area contributed by atoms with Crippen LogP contribution in [0.5, 0.6) is 0 Å². The van der Waals surface area contributed by atoms with Crippen molar-refractivity contribution < 1.29 is 10.3 Å². The van der Waals surface area contributed by atoms with Crippen LogP contribution in [0.25, 0.3) is 0 Å². The Kier molecular flexibility index (Phi) is 27.9. The predicted molar refractivity (Wildman–Crippen MR) is 23.7 cm³/mol. The molecular weight excluding hydrogens is 86.8 g/mol. The van der Waals surface area contributed by atoms with Gasteiger partial charge in [0, 0.05) is 0 Å². The van der Waals surface area contributed by atoms with Crippen molar-refractivity contribution in [3.8, 4) is 0 Å².